The molecule has 0 fully saturated rings. The van der Waals surface area contributed by atoms with Gasteiger partial charge in [-0.25, -0.2) is 4.98 Å². The first-order valence-electron chi connectivity index (χ1n) is 10.0. The number of hydrogen-bond donors (Lipinski definition) is 2. The molecule has 0 radical (unpaired) electrons. The lowest BCUT2D eigenvalue weighted by Gasteiger charge is -2.18. The number of nitrogens with two attached hydrogens (primary N) is 1. The highest BCUT2D eigenvalue weighted by atomic mass is 32.1. The highest BCUT2D eigenvalue weighted by molar-refractivity contribution is 7.09. The van der Waals surface area contributed by atoms with E-state index in [1.54, 1.807) is 24.2 Å². The molecule has 4 rings (SSSR count). The Morgan fingerprint density at radius 2 is 1.91 bits per heavy atom. The third-order valence-electron chi connectivity index (χ3n) is 5.80. The number of likely N-dealkylation sites (N-methyl/N-ethyl adjacent to an activating group) is 1. The minimum absolute atomic E-state index is 0.0619. The van der Waals surface area contributed by atoms with E-state index in [2.05, 4.69) is 24.6 Å². The summed E-state index contributed by atoms with van der Waals surface area (Å²) in [6, 6.07) is 1.74. The number of alkyl halides is 3. The van der Waals surface area contributed by atoms with Crippen molar-refractivity contribution in [2.45, 2.75) is 39.3 Å². The number of aromatic nitrogens is 4. The standard InChI is InChI=1S/C21H20F3N7O2S/c1-8-13(15(25)32)17(27-9(2)14(8)21(22,23)24)29-19-28-16(30-34-19)11-6-10-12(7-26-11)31(5)18(33)20(10,3)4/h6-7H,1-5H3,(H2,25,32)(H,27,28,29,30). The third-order valence-corrected chi connectivity index (χ3v) is 6.43. The van der Waals surface area contributed by atoms with E-state index >= 15 is 0 Å². The summed E-state index contributed by atoms with van der Waals surface area (Å²) < 4.78 is 44.6. The number of fused-ring (bicyclic) bond motifs is 1. The zero-order valence-corrected chi connectivity index (χ0v) is 19.6. The molecule has 3 aromatic heterocycles. The van der Waals surface area contributed by atoms with Gasteiger partial charge in [-0.2, -0.15) is 22.5 Å². The first-order valence-corrected chi connectivity index (χ1v) is 10.8. The third kappa shape index (κ3) is 3.65. The Balaban J connectivity index is 1.71. The maximum Gasteiger partial charge on any atom is 0.418 e. The van der Waals surface area contributed by atoms with Crippen molar-refractivity contribution in [3.05, 3.63) is 40.2 Å². The van der Waals surface area contributed by atoms with E-state index in [9.17, 15) is 22.8 Å². The van der Waals surface area contributed by atoms with E-state index in [0.717, 1.165) is 17.1 Å². The van der Waals surface area contributed by atoms with Crippen LogP contribution in [0.1, 0.15) is 46.6 Å². The Kier molecular flexibility index (Phi) is 5.35. The summed E-state index contributed by atoms with van der Waals surface area (Å²) in [6.07, 6.45) is -3.12. The largest absolute Gasteiger partial charge is 0.418 e. The van der Waals surface area contributed by atoms with Gasteiger partial charge in [0.05, 0.1) is 34.1 Å². The number of nitrogens with zero attached hydrogens (tertiary/aromatic N) is 5. The maximum absolute atomic E-state index is 13.4. The van der Waals surface area contributed by atoms with E-state index in [1.807, 2.05) is 13.8 Å². The molecule has 0 spiro atoms. The monoisotopic (exact) mass is 491 g/mol. The van der Waals surface area contributed by atoms with Crippen LogP contribution in [0.25, 0.3) is 11.5 Å². The zero-order valence-electron chi connectivity index (χ0n) is 18.8. The Morgan fingerprint density at radius 1 is 1.24 bits per heavy atom. The number of hydrogen-bond acceptors (Lipinski definition) is 8. The Bertz CT molecular complexity index is 1350. The van der Waals surface area contributed by atoms with Crippen molar-refractivity contribution >= 4 is 40.0 Å². The summed E-state index contributed by atoms with van der Waals surface area (Å²) in [5, 5.41) is 2.94. The van der Waals surface area contributed by atoms with Gasteiger partial charge in [0.2, 0.25) is 11.0 Å². The predicted octanol–water partition coefficient (Wildman–Crippen LogP) is 3.73. The Labute approximate surface area is 196 Å². The van der Waals surface area contributed by atoms with Crippen LogP contribution in [0.3, 0.4) is 0 Å². The van der Waals surface area contributed by atoms with Gasteiger partial charge in [0.25, 0.3) is 5.91 Å². The minimum atomic E-state index is -4.69. The number of aryl methyl sites for hydroxylation is 1. The van der Waals surface area contributed by atoms with Crippen molar-refractivity contribution in [1.29, 1.82) is 0 Å². The fourth-order valence-electron chi connectivity index (χ4n) is 4.12. The summed E-state index contributed by atoms with van der Waals surface area (Å²) >= 11 is 0.911. The van der Waals surface area contributed by atoms with Crippen LogP contribution in [0.4, 0.5) is 29.8 Å². The average molecular weight is 491 g/mol. The van der Waals surface area contributed by atoms with Crippen molar-refractivity contribution in [1.82, 2.24) is 19.3 Å². The fourth-order valence-corrected chi connectivity index (χ4v) is 4.70. The molecule has 0 aliphatic carbocycles. The SMILES string of the molecule is Cc1nc(Nc2nc(-c3cc4c(cn3)N(C)C(=O)C4(C)C)ns2)c(C(N)=O)c(C)c1C(F)(F)F. The second-order valence-corrected chi connectivity index (χ2v) is 9.16. The number of carbonyl (C=O) groups excluding carboxylic acids is 2. The Morgan fingerprint density at radius 3 is 2.53 bits per heavy atom. The molecule has 3 N–H and O–H groups in total. The van der Waals surface area contributed by atoms with E-state index in [1.165, 1.54) is 13.8 Å². The molecule has 0 saturated carbocycles. The number of amides is 2. The fraction of sp³-hybridized carbons (Fsp3) is 0.333. The van der Waals surface area contributed by atoms with Gasteiger partial charge >= 0.3 is 6.18 Å². The molecule has 4 heterocycles. The molecule has 0 saturated heterocycles. The number of primary amides is 1. The number of carbonyl (C=O) groups is 2. The summed E-state index contributed by atoms with van der Waals surface area (Å²) in [4.78, 5) is 38.6. The molecule has 0 atom stereocenters. The first kappa shape index (κ1) is 23.5. The highest BCUT2D eigenvalue weighted by Crippen LogP contribution is 2.42. The Hall–Kier alpha value is -3.61. The second kappa shape index (κ2) is 7.72. The topological polar surface area (TPSA) is 127 Å². The van der Waals surface area contributed by atoms with Crippen LogP contribution in [0.2, 0.25) is 0 Å². The second-order valence-electron chi connectivity index (χ2n) is 8.41. The van der Waals surface area contributed by atoms with Crippen LogP contribution >= 0.6 is 11.5 Å². The van der Waals surface area contributed by atoms with Crippen LogP contribution in [-0.4, -0.2) is 38.2 Å². The number of nitrogens with one attached hydrogen (secondary N) is 1. The van der Waals surface area contributed by atoms with Crippen LogP contribution in [0.5, 0.6) is 0 Å². The van der Waals surface area contributed by atoms with Crippen molar-refractivity contribution in [2.75, 3.05) is 17.3 Å². The van der Waals surface area contributed by atoms with Crippen molar-refractivity contribution in [3.8, 4) is 11.5 Å². The lowest BCUT2D eigenvalue weighted by Crippen LogP contribution is -2.33. The van der Waals surface area contributed by atoms with Crippen molar-refractivity contribution in [3.63, 3.8) is 0 Å². The molecule has 2 amide bonds. The molecule has 9 nitrogen and oxygen atoms in total. The van der Waals surface area contributed by atoms with Crippen LogP contribution in [0, 0.1) is 13.8 Å². The summed E-state index contributed by atoms with van der Waals surface area (Å²) in [5.74, 6) is -1.02. The molecule has 34 heavy (non-hydrogen) atoms. The van der Waals surface area contributed by atoms with Gasteiger partial charge in [0.15, 0.2) is 5.82 Å². The highest BCUT2D eigenvalue weighted by Gasteiger charge is 2.43. The predicted molar refractivity (Wildman–Crippen MR) is 120 cm³/mol. The van der Waals surface area contributed by atoms with Crippen LogP contribution in [0.15, 0.2) is 12.3 Å². The van der Waals surface area contributed by atoms with Gasteiger partial charge < -0.3 is 16.0 Å². The molecular weight excluding hydrogens is 471 g/mol. The molecular formula is C21H20F3N7O2S. The molecule has 1 aliphatic heterocycles. The van der Waals surface area contributed by atoms with Crippen molar-refractivity contribution < 1.29 is 22.8 Å². The smallest absolute Gasteiger partial charge is 0.365 e. The van der Waals surface area contributed by atoms with Gasteiger partial charge in [-0.15, -0.1) is 0 Å². The summed E-state index contributed by atoms with van der Waals surface area (Å²) in [5.41, 5.74) is 4.50. The number of anilines is 3. The molecule has 3 aromatic rings. The van der Waals surface area contributed by atoms with E-state index < -0.39 is 23.1 Å². The lowest BCUT2D eigenvalue weighted by molar-refractivity contribution is -0.138. The van der Waals surface area contributed by atoms with Gasteiger partial charge in [-0.1, -0.05) is 0 Å². The number of pyridine rings is 2. The van der Waals surface area contributed by atoms with Crippen LogP contribution < -0.4 is 16.0 Å². The van der Waals surface area contributed by atoms with Crippen molar-refractivity contribution in [2.24, 2.45) is 5.73 Å². The summed E-state index contributed by atoms with van der Waals surface area (Å²) in [6.45, 7) is 6.00. The van der Waals surface area contributed by atoms with Gasteiger partial charge in [-0.05, 0) is 44.9 Å². The van der Waals surface area contributed by atoms with E-state index in [4.69, 9.17) is 5.73 Å². The van der Waals surface area contributed by atoms with Gasteiger partial charge in [0, 0.05) is 18.6 Å². The van der Waals surface area contributed by atoms with Gasteiger partial charge in [-0.3, -0.25) is 14.6 Å². The van der Waals surface area contributed by atoms with E-state index in [-0.39, 0.29) is 39.5 Å². The zero-order chi connectivity index (χ0) is 25.2. The quantitative estimate of drug-likeness (QED) is 0.569. The molecule has 1 aliphatic rings. The lowest BCUT2D eigenvalue weighted by atomic mass is 9.86. The first-order chi connectivity index (χ1) is 15.7. The molecule has 0 bridgehead atoms. The average Bonchev–Trinajstić information content (AvgIpc) is 3.24. The normalized spacial score (nSPS) is 14.9. The molecule has 0 unspecified atom stereocenters. The maximum atomic E-state index is 13.4. The number of rotatable bonds is 4. The molecule has 13 heteroatoms. The van der Waals surface area contributed by atoms with E-state index in [0.29, 0.717) is 11.4 Å². The van der Waals surface area contributed by atoms with Gasteiger partial charge in [0.1, 0.15) is 11.5 Å². The summed E-state index contributed by atoms with van der Waals surface area (Å²) in [7, 11) is 1.68. The molecule has 178 valence electrons. The van der Waals surface area contributed by atoms with Crippen LogP contribution in [-0.2, 0) is 16.4 Å². The molecule has 0 aromatic carbocycles. The minimum Gasteiger partial charge on any atom is -0.365 e. The number of halogens is 3.